The molecule has 8 heteroatoms. The molecule has 1 aliphatic rings. The zero-order valence-corrected chi connectivity index (χ0v) is 13.8. The summed E-state index contributed by atoms with van der Waals surface area (Å²) in [5, 5.41) is 4.48. The van der Waals surface area contributed by atoms with Crippen LogP contribution < -0.4 is 4.90 Å². The van der Waals surface area contributed by atoms with Crippen molar-refractivity contribution in [3.63, 3.8) is 0 Å². The molecule has 1 fully saturated rings. The summed E-state index contributed by atoms with van der Waals surface area (Å²) in [6.07, 6.45) is -2.56. The summed E-state index contributed by atoms with van der Waals surface area (Å²) in [7, 11) is 0. The highest BCUT2D eigenvalue weighted by Gasteiger charge is 2.30. The molecule has 0 unspecified atom stereocenters. The third-order valence-electron chi connectivity index (χ3n) is 4.13. The lowest BCUT2D eigenvalue weighted by atomic mass is 10.2. The van der Waals surface area contributed by atoms with Gasteiger partial charge in [0.15, 0.2) is 5.82 Å². The van der Waals surface area contributed by atoms with E-state index in [-0.39, 0.29) is 0 Å². The first-order valence-electron chi connectivity index (χ1n) is 7.74. The highest BCUT2D eigenvalue weighted by atomic mass is 35.5. The molecule has 3 rings (SSSR count). The predicted octanol–water partition coefficient (Wildman–Crippen LogP) is 3.25. The number of hydrogen-bond acceptors (Lipinski definition) is 3. The second-order valence-electron chi connectivity index (χ2n) is 5.68. The van der Waals surface area contributed by atoms with Gasteiger partial charge in [-0.15, -0.1) is 11.6 Å². The zero-order chi connectivity index (χ0) is 17.2. The van der Waals surface area contributed by atoms with Crippen molar-refractivity contribution in [1.82, 2.24) is 14.7 Å². The lowest BCUT2D eigenvalue weighted by Gasteiger charge is -2.34. The van der Waals surface area contributed by atoms with Crippen LogP contribution in [0.5, 0.6) is 0 Å². The molecule has 0 aliphatic carbocycles. The Balaban J connectivity index is 1.68. The maximum absolute atomic E-state index is 12.6. The standard InChI is InChI=1S/C16H18ClF3N4/c17-6-8-22-9-11-23(12-10-22)15-5-7-24(21-15)14-3-1-13(2-4-14)16(18,19)20/h1-5,7H,6,8-12H2. The fourth-order valence-electron chi connectivity index (χ4n) is 2.75. The quantitative estimate of drug-likeness (QED) is 0.784. The van der Waals surface area contributed by atoms with E-state index in [4.69, 9.17) is 11.6 Å². The zero-order valence-electron chi connectivity index (χ0n) is 13.0. The fraction of sp³-hybridized carbons (Fsp3) is 0.438. The molecular weight excluding hydrogens is 341 g/mol. The lowest BCUT2D eigenvalue weighted by molar-refractivity contribution is -0.137. The molecule has 4 nitrogen and oxygen atoms in total. The first-order chi connectivity index (χ1) is 11.5. The van der Waals surface area contributed by atoms with E-state index in [2.05, 4.69) is 14.9 Å². The Kier molecular flexibility index (Phi) is 5.01. The van der Waals surface area contributed by atoms with Crippen LogP contribution in [0, 0.1) is 0 Å². The minimum Gasteiger partial charge on any atom is -0.353 e. The maximum atomic E-state index is 12.6. The molecule has 1 saturated heterocycles. The second kappa shape index (κ2) is 7.03. The number of nitrogens with zero attached hydrogens (tertiary/aromatic N) is 4. The number of benzene rings is 1. The third-order valence-corrected chi connectivity index (χ3v) is 4.30. The number of piperazine rings is 1. The second-order valence-corrected chi connectivity index (χ2v) is 6.06. The van der Waals surface area contributed by atoms with Crippen LogP contribution in [-0.4, -0.2) is 53.3 Å². The van der Waals surface area contributed by atoms with Crippen LogP contribution in [0.1, 0.15) is 5.56 Å². The summed E-state index contributed by atoms with van der Waals surface area (Å²) in [6.45, 7) is 4.47. The van der Waals surface area contributed by atoms with E-state index in [1.165, 1.54) is 12.1 Å². The van der Waals surface area contributed by atoms with Gasteiger partial charge in [-0.25, -0.2) is 4.68 Å². The van der Waals surface area contributed by atoms with E-state index < -0.39 is 11.7 Å². The largest absolute Gasteiger partial charge is 0.416 e. The van der Waals surface area contributed by atoms with Gasteiger partial charge in [-0.1, -0.05) is 0 Å². The molecule has 0 amide bonds. The van der Waals surface area contributed by atoms with Gasteiger partial charge in [-0.3, -0.25) is 4.90 Å². The van der Waals surface area contributed by atoms with Gasteiger partial charge in [0.2, 0.25) is 0 Å². The maximum Gasteiger partial charge on any atom is 0.416 e. The van der Waals surface area contributed by atoms with Gasteiger partial charge < -0.3 is 4.90 Å². The molecule has 0 saturated carbocycles. The van der Waals surface area contributed by atoms with E-state index in [9.17, 15) is 13.2 Å². The molecule has 130 valence electrons. The number of anilines is 1. The summed E-state index contributed by atoms with van der Waals surface area (Å²) in [5.74, 6) is 1.46. The highest BCUT2D eigenvalue weighted by Crippen LogP contribution is 2.29. The van der Waals surface area contributed by atoms with Crippen LogP contribution in [0.25, 0.3) is 5.69 Å². The number of hydrogen-bond donors (Lipinski definition) is 0. The van der Waals surface area contributed by atoms with Crippen molar-refractivity contribution in [2.75, 3.05) is 43.5 Å². The normalized spacial score (nSPS) is 16.6. The van der Waals surface area contributed by atoms with E-state index >= 15 is 0 Å². The van der Waals surface area contributed by atoms with Gasteiger partial charge in [-0.2, -0.15) is 18.3 Å². The van der Waals surface area contributed by atoms with Crippen LogP contribution in [0.3, 0.4) is 0 Å². The molecule has 0 atom stereocenters. The van der Waals surface area contributed by atoms with Crippen molar-refractivity contribution < 1.29 is 13.2 Å². The highest BCUT2D eigenvalue weighted by molar-refractivity contribution is 6.18. The number of halogens is 4. The van der Waals surface area contributed by atoms with Gasteiger partial charge in [0, 0.05) is 50.9 Å². The smallest absolute Gasteiger partial charge is 0.353 e. The van der Waals surface area contributed by atoms with Gasteiger partial charge in [-0.05, 0) is 24.3 Å². The van der Waals surface area contributed by atoms with Crippen molar-refractivity contribution >= 4 is 17.4 Å². The first kappa shape index (κ1) is 17.1. The van der Waals surface area contributed by atoms with Crippen molar-refractivity contribution in [2.45, 2.75) is 6.18 Å². The molecular formula is C16H18ClF3N4. The third kappa shape index (κ3) is 3.84. The Hall–Kier alpha value is -1.73. The van der Waals surface area contributed by atoms with Crippen molar-refractivity contribution in [1.29, 1.82) is 0 Å². The Morgan fingerprint density at radius 1 is 1.00 bits per heavy atom. The van der Waals surface area contributed by atoms with E-state index in [1.54, 1.807) is 10.9 Å². The minimum atomic E-state index is -4.32. The van der Waals surface area contributed by atoms with Gasteiger partial charge in [0.05, 0.1) is 11.3 Å². The van der Waals surface area contributed by atoms with Gasteiger partial charge in [0.1, 0.15) is 0 Å². The molecule has 0 radical (unpaired) electrons. The van der Waals surface area contributed by atoms with Crippen molar-refractivity contribution in [3.05, 3.63) is 42.1 Å². The fourth-order valence-corrected chi connectivity index (χ4v) is 2.99. The average Bonchev–Trinajstić information content (AvgIpc) is 3.05. The number of aromatic nitrogens is 2. The SMILES string of the molecule is FC(F)(F)c1ccc(-n2ccc(N3CCN(CCCl)CC3)n2)cc1. The number of rotatable bonds is 4. The Morgan fingerprint density at radius 3 is 2.25 bits per heavy atom. The van der Waals surface area contributed by atoms with E-state index in [0.717, 1.165) is 50.7 Å². The summed E-state index contributed by atoms with van der Waals surface area (Å²) in [5.41, 5.74) is -0.0518. The first-order valence-corrected chi connectivity index (χ1v) is 8.27. The van der Waals surface area contributed by atoms with Crippen molar-refractivity contribution in [2.24, 2.45) is 0 Å². The molecule has 2 aromatic rings. The van der Waals surface area contributed by atoms with Crippen molar-refractivity contribution in [3.8, 4) is 5.69 Å². The molecule has 0 spiro atoms. The van der Waals surface area contributed by atoms with Crippen LogP contribution in [0.4, 0.5) is 19.0 Å². The van der Waals surface area contributed by atoms with Crippen LogP contribution >= 0.6 is 11.6 Å². The Morgan fingerprint density at radius 2 is 1.67 bits per heavy atom. The number of alkyl halides is 4. The predicted molar refractivity (Wildman–Crippen MR) is 87.9 cm³/mol. The topological polar surface area (TPSA) is 24.3 Å². The summed E-state index contributed by atoms with van der Waals surface area (Å²) in [4.78, 5) is 4.47. The van der Waals surface area contributed by atoms with Crippen LogP contribution in [0.15, 0.2) is 36.5 Å². The molecule has 1 aromatic heterocycles. The summed E-state index contributed by atoms with van der Waals surface area (Å²) >= 11 is 5.76. The van der Waals surface area contributed by atoms with Crippen LogP contribution in [0.2, 0.25) is 0 Å². The molecule has 2 heterocycles. The average molecular weight is 359 g/mol. The molecule has 1 aromatic carbocycles. The Bertz CT molecular complexity index is 661. The molecule has 0 N–H and O–H groups in total. The van der Waals surface area contributed by atoms with E-state index in [1.807, 2.05) is 6.07 Å². The minimum absolute atomic E-state index is 0.607. The monoisotopic (exact) mass is 358 g/mol. The molecule has 24 heavy (non-hydrogen) atoms. The van der Waals surface area contributed by atoms with Gasteiger partial charge in [0.25, 0.3) is 0 Å². The van der Waals surface area contributed by atoms with Gasteiger partial charge >= 0.3 is 6.18 Å². The summed E-state index contributed by atoms with van der Waals surface area (Å²) in [6, 6.07) is 6.88. The lowest BCUT2D eigenvalue weighted by Crippen LogP contribution is -2.47. The molecule has 0 bridgehead atoms. The Labute approximate surface area is 143 Å². The summed E-state index contributed by atoms with van der Waals surface area (Å²) < 4.78 is 39.4. The van der Waals surface area contributed by atoms with Crippen LogP contribution in [-0.2, 0) is 6.18 Å². The van der Waals surface area contributed by atoms with E-state index in [0.29, 0.717) is 11.6 Å². The molecule has 1 aliphatic heterocycles.